The van der Waals surface area contributed by atoms with Crippen LogP contribution in [0, 0.1) is 0 Å². The SMILES string of the molecule is CC(=O)NC(CCSC1CCOCC1)C(=O)O. The highest BCUT2D eigenvalue weighted by molar-refractivity contribution is 7.99. The fourth-order valence-electron chi connectivity index (χ4n) is 1.70. The van der Waals surface area contributed by atoms with Gasteiger partial charge in [0.1, 0.15) is 6.04 Å². The molecule has 0 aromatic rings. The maximum absolute atomic E-state index is 10.9. The summed E-state index contributed by atoms with van der Waals surface area (Å²) in [5, 5.41) is 11.9. The van der Waals surface area contributed by atoms with Crippen LogP contribution in [0.2, 0.25) is 0 Å². The Labute approximate surface area is 105 Å². The standard InChI is InChI=1S/C11H19NO4S/c1-8(13)12-10(11(14)15)4-7-17-9-2-5-16-6-3-9/h9-10H,2-7H2,1H3,(H,12,13)(H,14,15). The highest BCUT2D eigenvalue weighted by atomic mass is 32.2. The van der Waals surface area contributed by atoms with Gasteiger partial charge in [0, 0.05) is 25.4 Å². The second-order valence-corrected chi connectivity index (χ2v) is 5.47. The number of carbonyl (C=O) groups excluding carboxylic acids is 1. The average molecular weight is 261 g/mol. The van der Waals surface area contributed by atoms with Crippen molar-refractivity contribution in [2.24, 2.45) is 0 Å². The number of rotatable bonds is 6. The van der Waals surface area contributed by atoms with Crippen molar-refractivity contribution in [3.8, 4) is 0 Å². The fraction of sp³-hybridized carbons (Fsp3) is 0.818. The molecule has 98 valence electrons. The van der Waals surface area contributed by atoms with E-state index in [1.54, 1.807) is 11.8 Å². The van der Waals surface area contributed by atoms with Gasteiger partial charge in [0.15, 0.2) is 0 Å². The molecule has 1 amide bonds. The van der Waals surface area contributed by atoms with E-state index in [0.717, 1.165) is 31.8 Å². The number of ether oxygens (including phenoxy) is 1. The lowest BCUT2D eigenvalue weighted by atomic mass is 10.2. The normalized spacial score (nSPS) is 18.6. The van der Waals surface area contributed by atoms with Gasteiger partial charge < -0.3 is 15.2 Å². The van der Waals surface area contributed by atoms with Crippen LogP contribution >= 0.6 is 11.8 Å². The first-order valence-corrected chi connectivity index (χ1v) is 6.83. The molecule has 1 unspecified atom stereocenters. The largest absolute Gasteiger partial charge is 0.480 e. The molecule has 1 heterocycles. The van der Waals surface area contributed by atoms with Gasteiger partial charge in [-0.05, 0) is 25.0 Å². The Morgan fingerprint density at radius 2 is 2.12 bits per heavy atom. The number of carboxylic acid groups (broad SMARTS) is 1. The molecule has 1 saturated heterocycles. The van der Waals surface area contributed by atoms with Crippen LogP contribution in [-0.4, -0.2) is 47.2 Å². The van der Waals surface area contributed by atoms with Crippen LogP contribution < -0.4 is 5.32 Å². The van der Waals surface area contributed by atoms with E-state index in [9.17, 15) is 9.59 Å². The smallest absolute Gasteiger partial charge is 0.326 e. The quantitative estimate of drug-likeness (QED) is 0.742. The summed E-state index contributed by atoms with van der Waals surface area (Å²) in [5.74, 6) is -0.511. The number of amides is 1. The van der Waals surface area contributed by atoms with Crippen LogP contribution in [0.3, 0.4) is 0 Å². The zero-order valence-electron chi connectivity index (χ0n) is 9.98. The summed E-state index contributed by atoms with van der Waals surface area (Å²) in [6.07, 6.45) is 2.53. The lowest BCUT2D eigenvalue weighted by molar-refractivity contribution is -0.141. The van der Waals surface area contributed by atoms with E-state index in [1.165, 1.54) is 6.92 Å². The second-order valence-electron chi connectivity index (χ2n) is 4.06. The van der Waals surface area contributed by atoms with Crippen molar-refractivity contribution in [3.05, 3.63) is 0 Å². The van der Waals surface area contributed by atoms with Crippen LogP contribution in [0.1, 0.15) is 26.2 Å². The Balaban J connectivity index is 2.21. The third kappa shape index (κ3) is 5.93. The Morgan fingerprint density at radius 1 is 1.47 bits per heavy atom. The summed E-state index contributed by atoms with van der Waals surface area (Å²) in [5.41, 5.74) is 0. The summed E-state index contributed by atoms with van der Waals surface area (Å²) in [6.45, 7) is 2.93. The molecule has 0 aromatic carbocycles. The molecule has 17 heavy (non-hydrogen) atoms. The van der Waals surface area contributed by atoms with E-state index in [-0.39, 0.29) is 5.91 Å². The third-order valence-corrected chi connectivity index (χ3v) is 4.02. The molecule has 0 spiro atoms. The second kappa shape index (κ2) is 7.55. The van der Waals surface area contributed by atoms with Crippen LogP contribution in [-0.2, 0) is 14.3 Å². The van der Waals surface area contributed by atoms with Gasteiger partial charge in [-0.2, -0.15) is 11.8 Å². The van der Waals surface area contributed by atoms with Gasteiger partial charge in [-0.15, -0.1) is 0 Å². The number of thioether (sulfide) groups is 1. The summed E-state index contributed by atoms with van der Waals surface area (Å²) < 4.78 is 5.25. The predicted molar refractivity (Wildman–Crippen MR) is 66.2 cm³/mol. The number of hydrogen-bond acceptors (Lipinski definition) is 4. The third-order valence-electron chi connectivity index (χ3n) is 2.60. The molecule has 0 aliphatic carbocycles. The molecular weight excluding hydrogens is 242 g/mol. The van der Waals surface area contributed by atoms with Crippen LogP contribution in [0.15, 0.2) is 0 Å². The van der Waals surface area contributed by atoms with Crippen LogP contribution in [0.25, 0.3) is 0 Å². The van der Waals surface area contributed by atoms with E-state index in [0.29, 0.717) is 11.7 Å². The molecule has 1 atom stereocenters. The average Bonchev–Trinajstić information content (AvgIpc) is 2.28. The maximum Gasteiger partial charge on any atom is 0.326 e. The van der Waals surface area contributed by atoms with Gasteiger partial charge in [0.25, 0.3) is 0 Å². The molecule has 1 aliphatic heterocycles. The van der Waals surface area contributed by atoms with Crippen molar-refractivity contribution in [2.45, 2.75) is 37.5 Å². The summed E-state index contributed by atoms with van der Waals surface area (Å²) in [4.78, 5) is 21.7. The Kier molecular flexibility index (Phi) is 6.36. The first-order chi connectivity index (χ1) is 8.09. The van der Waals surface area contributed by atoms with Gasteiger partial charge in [-0.3, -0.25) is 4.79 Å². The van der Waals surface area contributed by atoms with Gasteiger partial charge >= 0.3 is 5.97 Å². The van der Waals surface area contributed by atoms with Gasteiger partial charge in [-0.1, -0.05) is 0 Å². The summed E-state index contributed by atoms with van der Waals surface area (Å²) >= 11 is 1.78. The molecular formula is C11H19NO4S. The van der Waals surface area contributed by atoms with Gasteiger partial charge in [0.2, 0.25) is 5.91 Å². The van der Waals surface area contributed by atoms with Gasteiger partial charge in [0.05, 0.1) is 0 Å². The van der Waals surface area contributed by atoms with E-state index in [1.807, 2.05) is 0 Å². The van der Waals surface area contributed by atoms with Crippen molar-refractivity contribution in [1.82, 2.24) is 5.32 Å². The lowest BCUT2D eigenvalue weighted by Gasteiger charge is -2.22. The molecule has 1 fully saturated rings. The number of nitrogens with one attached hydrogen (secondary N) is 1. The fourth-order valence-corrected chi connectivity index (χ4v) is 2.93. The van der Waals surface area contributed by atoms with E-state index < -0.39 is 12.0 Å². The topological polar surface area (TPSA) is 75.6 Å². The maximum atomic E-state index is 10.9. The molecule has 6 heteroatoms. The highest BCUT2D eigenvalue weighted by Crippen LogP contribution is 2.22. The molecule has 1 aliphatic rings. The minimum atomic E-state index is -0.965. The predicted octanol–water partition coefficient (Wildman–Crippen LogP) is 0.878. The zero-order chi connectivity index (χ0) is 12.7. The molecule has 0 aromatic heterocycles. The van der Waals surface area contributed by atoms with Crippen LogP contribution in [0.5, 0.6) is 0 Å². The van der Waals surface area contributed by atoms with Crippen molar-refractivity contribution in [1.29, 1.82) is 0 Å². The lowest BCUT2D eigenvalue weighted by Crippen LogP contribution is -2.40. The molecule has 0 radical (unpaired) electrons. The summed E-state index contributed by atoms with van der Waals surface area (Å²) in [7, 11) is 0. The first-order valence-electron chi connectivity index (χ1n) is 5.79. The number of carbonyl (C=O) groups is 2. The summed E-state index contributed by atoms with van der Waals surface area (Å²) in [6, 6.07) is -0.764. The van der Waals surface area contributed by atoms with Crippen molar-refractivity contribution < 1.29 is 19.4 Å². The molecule has 2 N–H and O–H groups in total. The Morgan fingerprint density at radius 3 is 2.65 bits per heavy atom. The van der Waals surface area contributed by atoms with E-state index in [4.69, 9.17) is 9.84 Å². The minimum Gasteiger partial charge on any atom is -0.480 e. The highest BCUT2D eigenvalue weighted by Gasteiger charge is 2.19. The molecule has 0 saturated carbocycles. The number of hydrogen-bond donors (Lipinski definition) is 2. The number of aliphatic carboxylic acids is 1. The van der Waals surface area contributed by atoms with E-state index >= 15 is 0 Å². The van der Waals surface area contributed by atoms with Crippen molar-refractivity contribution in [2.75, 3.05) is 19.0 Å². The molecule has 1 rings (SSSR count). The molecule has 0 bridgehead atoms. The van der Waals surface area contributed by atoms with Crippen molar-refractivity contribution in [3.63, 3.8) is 0 Å². The Bertz CT molecular complexity index is 266. The van der Waals surface area contributed by atoms with Gasteiger partial charge in [-0.25, -0.2) is 4.79 Å². The molecule has 5 nitrogen and oxygen atoms in total. The monoisotopic (exact) mass is 261 g/mol. The zero-order valence-corrected chi connectivity index (χ0v) is 10.8. The number of carboxylic acids is 1. The van der Waals surface area contributed by atoms with Crippen molar-refractivity contribution >= 4 is 23.6 Å². The van der Waals surface area contributed by atoms with E-state index in [2.05, 4.69) is 5.32 Å². The first kappa shape index (κ1) is 14.3. The van der Waals surface area contributed by atoms with Crippen LogP contribution in [0.4, 0.5) is 0 Å². The Hall–Kier alpha value is -0.750. The minimum absolute atomic E-state index is 0.298.